The van der Waals surface area contributed by atoms with Crippen LogP contribution >= 0.6 is 0 Å². The highest BCUT2D eigenvalue weighted by atomic mass is 16.5. The van der Waals surface area contributed by atoms with Crippen molar-refractivity contribution in [3.05, 3.63) is 30.2 Å². The van der Waals surface area contributed by atoms with Gasteiger partial charge < -0.3 is 14.4 Å². The minimum absolute atomic E-state index is 0.00304. The predicted octanol–water partition coefficient (Wildman–Crippen LogP) is 1.78. The van der Waals surface area contributed by atoms with E-state index in [-0.39, 0.29) is 11.5 Å². The van der Waals surface area contributed by atoms with E-state index in [1.165, 1.54) is 0 Å². The number of amides is 1. The molecule has 0 radical (unpaired) electrons. The minimum Gasteiger partial charge on any atom is -0.385 e. The molecule has 4 heterocycles. The van der Waals surface area contributed by atoms with Crippen LogP contribution in [0.5, 0.6) is 0 Å². The zero-order valence-corrected chi connectivity index (χ0v) is 14.6. The number of aromatic nitrogens is 3. The first kappa shape index (κ1) is 16.5. The first-order valence-electron chi connectivity index (χ1n) is 8.91. The topological polar surface area (TPSA) is 69.0 Å². The molecule has 1 spiro atoms. The lowest BCUT2D eigenvalue weighted by molar-refractivity contribution is -0.0450. The van der Waals surface area contributed by atoms with Crippen LogP contribution < -0.4 is 0 Å². The van der Waals surface area contributed by atoms with Gasteiger partial charge in [-0.05, 0) is 37.7 Å². The summed E-state index contributed by atoms with van der Waals surface area (Å²) in [5, 5.41) is 4.23. The van der Waals surface area contributed by atoms with Crippen molar-refractivity contribution in [1.29, 1.82) is 0 Å². The lowest BCUT2D eigenvalue weighted by atomic mass is 9.85. The number of piperidine rings is 1. The van der Waals surface area contributed by atoms with Crippen LogP contribution in [0.25, 0.3) is 5.65 Å². The Morgan fingerprint density at radius 3 is 3.32 bits per heavy atom. The van der Waals surface area contributed by atoms with Gasteiger partial charge in [0.25, 0.3) is 5.91 Å². The Morgan fingerprint density at radius 2 is 2.44 bits per heavy atom. The summed E-state index contributed by atoms with van der Waals surface area (Å²) in [6, 6.07) is 1.80. The maximum Gasteiger partial charge on any atom is 0.259 e. The summed E-state index contributed by atoms with van der Waals surface area (Å²) in [7, 11) is 1.73. The van der Waals surface area contributed by atoms with Gasteiger partial charge in [-0.2, -0.15) is 5.10 Å². The van der Waals surface area contributed by atoms with E-state index in [0.717, 1.165) is 45.4 Å². The van der Waals surface area contributed by atoms with Crippen molar-refractivity contribution in [2.24, 2.45) is 5.92 Å². The molecule has 0 N–H and O–H groups in total. The fraction of sp³-hybridized carbons (Fsp3) is 0.611. The van der Waals surface area contributed by atoms with Gasteiger partial charge in [0.05, 0.1) is 18.4 Å². The first-order valence-corrected chi connectivity index (χ1v) is 8.91. The predicted molar refractivity (Wildman–Crippen MR) is 91.4 cm³/mol. The summed E-state index contributed by atoms with van der Waals surface area (Å²) < 4.78 is 13.0. The Hall–Kier alpha value is -1.99. The monoisotopic (exact) mass is 344 g/mol. The summed E-state index contributed by atoms with van der Waals surface area (Å²) in [4.78, 5) is 19.2. The van der Waals surface area contributed by atoms with E-state index in [9.17, 15) is 4.79 Å². The zero-order valence-electron chi connectivity index (χ0n) is 14.6. The van der Waals surface area contributed by atoms with Crippen LogP contribution in [0.1, 0.15) is 36.0 Å². The Morgan fingerprint density at radius 1 is 1.52 bits per heavy atom. The highest BCUT2D eigenvalue weighted by Gasteiger charge is 2.44. The third-order valence-electron chi connectivity index (χ3n) is 5.35. The lowest BCUT2D eigenvalue weighted by Gasteiger charge is -2.39. The molecule has 2 aliphatic rings. The number of carbonyl (C=O) groups is 1. The standard InChI is InChI=1S/C18H24N4O3/c1-24-9-4-14-10-18(25-12-14)5-2-7-21(13-18)17(23)15-11-20-22-8-3-6-19-16(15)22/h3,6,8,11,14H,2,4-5,7,9-10,12-13H2,1H3/t14-,18-/m1/s1. The Bertz CT molecular complexity index is 762. The fourth-order valence-electron chi connectivity index (χ4n) is 4.11. The van der Waals surface area contributed by atoms with Gasteiger partial charge in [0.15, 0.2) is 5.65 Å². The molecule has 2 fully saturated rings. The Balaban J connectivity index is 1.49. The van der Waals surface area contributed by atoms with E-state index in [1.807, 2.05) is 4.90 Å². The summed E-state index contributed by atoms with van der Waals surface area (Å²) in [5.41, 5.74) is 0.979. The quantitative estimate of drug-likeness (QED) is 0.846. The van der Waals surface area contributed by atoms with E-state index < -0.39 is 0 Å². The molecule has 0 saturated carbocycles. The Labute approximate surface area is 146 Å². The molecular weight excluding hydrogens is 320 g/mol. The van der Waals surface area contributed by atoms with Crippen LogP contribution in [0.15, 0.2) is 24.7 Å². The number of carbonyl (C=O) groups excluding carboxylic acids is 1. The first-order chi connectivity index (χ1) is 12.2. The van der Waals surface area contributed by atoms with Gasteiger partial charge in [0, 0.05) is 39.2 Å². The molecule has 0 bridgehead atoms. The molecule has 0 aromatic carbocycles. The largest absolute Gasteiger partial charge is 0.385 e. The van der Waals surface area contributed by atoms with Crippen LogP contribution in [0, 0.1) is 5.92 Å². The van der Waals surface area contributed by atoms with E-state index in [4.69, 9.17) is 9.47 Å². The van der Waals surface area contributed by atoms with Crippen molar-refractivity contribution in [3.63, 3.8) is 0 Å². The second-order valence-electron chi connectivity index (χ2n) is 7.12. The van der Waals surface area contributed by atoms with Gasteiger partial charge in [-0.25, -0.2) is 9.50 Å². The number of methoxy groups -OCH3 is 1. The second-order valence-corrected chi connectivity index (χ2v) is 7.12. The molecular formula is C18H24N4O3. The van der Waals surface area contributed by atoms with Crippen LogP contribution in [0.3, 0.4) is 0 Å². The van der Waals surface area contributed by atoms with Gasteiger partial charge in [0.2, 0.25) is 0 Å². The van der Waals surface area contributed by atoms with E-state index in [1.54, 1.807) is 36.3 Å². The summed E-state index contributed by atoms with van der Waals surface area (Å²) in [6.07, 6.45) is 9.12. The number of rotatable bonds is 4. The van der Waals surface area contributed by atoms with Crippen LogP contribution in [-0.2, 0) is 9.47 Å². The smallest absolute Gasteiger partial charge is 0.259 e. The number of nitrogens with zero attached hydrogens (tertiary/aromatic N) is 4. The molecule has 134 valence electrons. The molecule has 2 aromatic heterocycles. The van der Waals surface area contributed by atoms with Crippen molar-refractivity contribution in [2.45, 2.75) is 31.3 Å². The zero-order chi connectivity index (χ0) is 17.3. The molecule has 7 heteroatoms. The summed E-state index contributed by atoms with van der Waals surface area (Å²) in [6.45, 7) is 2.95. The number of ether oxygens (including phenoxy) is 2. The van der Waals surface area contributed by atoms with Gasteiger partial charge in [-0.15, -0.1) is 0 Å². The highest BCUT2D eigenvalue weighted by Crippen LogP contribution is 2.39. The number of likely N-dealkylation sites (tertiary alicyclic amines) is 1. The average Bonchev–Trinajstić information content (AvgIpc) is 3.24. The molecule has 2 saturated heterocycles. The van der Waals surface area contributed by atoms with E-state index in [0.29, 0.717) is 23.7 Å². The van der Waals surface area contributed by atoms with Crippen LogP contribution in [0.2, 0.25) is 0 Å². The molecule has 2 atom stereocenters. The SMILES string of the molecule is COCC[C@H]1CO[C@]2(CCCN(C(=O)c3cnn4cccnc34)C2)C1. The fourth-order valence-corrected chi connectivity index (χ4v) is 4.11. The molecule has 0 unspecified atom stereocenters. The third kappa shape index (κ3) is 3.14. The van der Waals surface area contributed by atoms with Crippen molar-refractivity contribution < 1.29 is 14.3 Å². The molecule has 1 amide bonds. The maximum absolute atomic E-state index is 13.0. The van der Waals surface area contributed by atoms with Crippen LogP contribution in [0.4, 0.5) is 0 Å². The van der Waals surface area contributed by atoms with Gasteiger partial charge in [-0.1, -0.05) is 0 Å². The molecule has 4 rings (SSSR count). The van der Waals surface area contributed by atoms with Crippen molar-refractivity contribution in [1.82, 2.24) is 19.5 Å². The lowest BCUT2D eigenvalue weighted by Crippen LogP contribution is -2.50. The Kier molecular flexibility index (Phi) is 4.43. The highest BCUT2D eigenvalue weighted by molar-refractivity contribution is 5.99. The molecule has 2 aliphatic heterocycles. The van der Waals surface area contributed by atoms with Crippen LogP contribution in [-0.4, -0.2) is 64.4 Å². The molecule has 0 aliphatic carbocycles. The molecule has 2 aromatic rings. The molecule has 25 heavy (non-hydrogen) atoms. The third-order valence-corrected chi connectivity index (χ3v) is 5.35. The minimum atomic E-state index is -0.192. The van der Waals surface area contributed by atoms with Gasteiger partial charge in [0.1, 0.15) is 5.56 Å². The number of hydrogen-bond acceptors (Lipinski definition) is 5. The molecule has 7 nitrogen and oxygen atoms in total. The second kappa shape index (κ2) is 6.72. The van der Waals surface area contributed by atoms with Crippen molar-refractivity contribution >= 4 is 11.6 Å². The average molecular weight is 344 g/mol. The van der Waals surface area contributed by atoms with Crippen molar-refractivity contribution in [3.8, 4) is 0 Å². The normalized spacial score (nSPS) is 26.6. The van der Waals surface area contributed by atoms with E-state index in [2.05, 4.69) is 10.1 Å². The summed E-state index contributed by atoms with van der Waals surface area (Å²) in [5.74, 6) is 0.519. The maximum atomic E-state index is 13.0. The van der Waals surface area contributed by atoms with Gasteiger partial charge in [-0.3, -0.25) is 4.79 Å². The van der Waals surface area contributed by atoms with E-state index >= 15 is 0 Å². The number of fused-ring (bicyclic) bond motifs is 1. The van der Waals surface area contributed by atoms with Gasteiger partial charge >= 0.3 is 0 Å². The summed E-state index contributed by atoms with van der Waals surface area (Å²) >= 11 is 0. The van der Waals surface area contributed by atoms with Crippen molar-refractivity contribution in [2.75, 3.05) is 33.4 Å². The number of hydrogen-bond donors (Lipinski definition) is 0.